The van der Waals surface area contributed by atoms with Gasteiger partial charge >= 0.3 is 0 Å². The van der Waals surface area contributed by atoms with Crippen molar-refractivity contribution in [3.63, 3.8) is 0 Å². The number of halogens is 1. The van der Waals surface area contributed by atoms with E-state index in [1.807, 2.05) is 6.92 Å². The van der Waals surface area contributed by atoms with Gasteiger partial charge in [0.25, 0.3) is 0 Å². The second kappa shape index (κ2) is 4.59. The molecule has 0 aromatic rings. The molecule has 0 aromatic carbocycles. The van der Waals surface area contributed by atoms with E-state index in [4.69, 9.17) is 5.73 Å². The molecule has 0 aliphatic heterocycles. The summed E-state index contributed by atoms with van der Waals surface area (Å²) in [7, 11) is 0. The number of alkyl halides is 1. The zero-order valence-electron chi connectivity index (χ0n) is 4.45. The highest BCUT2D eigenvalue weighted by Crippen LogP contribution is 1.95. The predicted octanol–water partition coefficient (Wildman–Crippen LogP) is 1.33. The smallest absolute Gasteiger partial charge is 0.0218 e. The van der Waals surface area contributed by atoms with E-state index in [9.17, 15) is 0 Å². The lowest BCUT2D eigenvalue weighted by molar-refractivity contribution is 1.15. The monoisotopic (exact) mass is 211 g/mol. The standard InChI is InChI=1S/C5H10IN/c1-2-5(3-6)4-7/h2H,3-4,7H2,1H3/b5-2-. The number of hydrogen-bond donors (Lipinski definition) is 1. The van der Waals surface area contributed by atoms with Crippen molar-refractivity contribution in [2.45, 2.75) is 6.92 Å². The maximum absolute atomic E-state index is 5.32. The van der Waals surface area contributed by atoms with Gasteiger partial charge in [0.2, 0.25) is 0 Å². The van der Waals surface area contributed by atoms with E-state index in [0.717, 1.165) is 4.43 Å². The largest absolute Gasteiger partial charge is 0.327 e. The second-order valence-electron chi connectivity index (χ2n) is 1.28. The van der Waals surface area contributed by atoms with Crippen molar-refractivity contribution < 1.29 is 0 Å². The van der Waals surface area contributed by atoms with Gasteiger partial charge in [0.05, 0.1) is 0 Å². The molecule has 42 valence electrons. The van der Waals surface area contributed by atoms with Gasteiger partial charge in [-0.3, -0.25) is 0 Å². The van der Waals surface area contributed by atoms with Crippen LogP contribution >= 0.6 is 22.6 Å². The van der Waals surface area contributed by atoms with Crippen LogP contribution in [0.1, 0.15) is 6.92 Å². The molecule has 0 amide bonds. The van der Waals surface area contributed by atoms with E-state index in [0.29, 0.717) is 6.54 Å². The molecule has 0 aliphatic carbocycles. The van der Waals surface area contributed by atoms with Crippen LogP contribution in [0.5, 0.6) is 0 Å². The minimum atomic E-state index is 0.708. The van der Waals surface area contributed by atoms with Gasteiger partial charge in [-0.2, -0.15) is 0 Å². The Labute approximate surface area is 58.1 Å². The first-order valence-corrected chi connectivity index (χ1v) is 3.77. The van der Waals surface area contributed by atoms with Crippen LogP contribution in [0.15, 0.2) is 11.6 Å². The zero-order chi connectivity index (χ0) is 5.70. The Bertz CT molecular complexity index is 62.5. The lowest BCUT2D eigenvalue weighted by Crippen LogP contribution is -2.02. The van der Waals surface area contributed by atoms with Gasteiger partial charge in [0, 0.05) is 11.0 Å². The molecule has 7 heavy (non-hydrogen) atoms. The fourth-order valence-electron chi connectivity index (χ4n) is 0.250. The Balaban J connectivity index is 3.38. The van der Waals surface area contributed by atoms with E-state index in [1.165, 1.54) is 5.57 Å². The average molecular weight is 211 g/mol. The molecule has 0 heterocycles. The Morgan fingerprint density at radius 1 is 1.86 bits per heavy atom. The number of rotatable bonds is 2. The SMILES string of the molecule is C/C=C(\CN)CI. The van der Waals surface area contributed by atoms with E-state index in [-0.39, 0.29) is 0 Å². The molecule has 0 rings (SSSR count). The van der Waals surface area contributed by atoms with E-state index >= 15 is 0 Å². The lowest BCUT2D eigenvalue weighted by Gasteiger charge is -1.92. The minimum absolute atomic E-state index is 0.708. The molecule has 0 fully saturated rings. The Morgan fingerprint density at radius 2 is 2.43 bits per heavy atom. The molecule has 0 atom stereocenters. The first-order chi connectivity index (χ1) is 3.35. The molecular weight excluding hydrogens is 201 g/mol. The van der Waals surface area contributed by atoms with Gasteiger partial charge in [0.1, 0.15) is 0 Å². The Hall–Kier alpha value is 0.430. The number of hydrogen-bond acceptors (Lipinski definition) is 1. The quantitative estimate of drug-likeness (QED) is 0.416. The van der Waals surface area contributed by atoms with Crippen LogP contribution in [-0.2, 0) is 0 Å². The summed E-state index contributed by atoms with van der Waals surface area (Å²) in [5, 5.41) is 0. The Morgan fingerprint density at radius 3 is 2.43 bits per heavy atom. The third kappa shape index (κ3) is 3.05. The zero-order valence-corrected chi connectivity index (χ0v) is 6.60. The maximum Gasteiger partial charge on any atom is 0.0218 e. The molecule has 0 unspecified atom stereocenters. The Kier molecular flexibility index (Phi) is 4.87. The maximum atomic E-state index is 5.32. The normalized spacial score (nSPS) is 12.1. The molecule has 0 radical (unpaired) electrons. The number of nitrogens with two attached hydrogens (primary N) is 1. The van der Waals surface area contributed by atoms with Gasteiger partial charge in [-0.05, 0) is 6.92 Å². The predicted molar refractivity (Wildman–Crippen MR) is 41.7 cm³/mol. The van der Waals surface area contributed by atoms with Crippen molar-refractivity contribution in [1.29, 1.82) is 0 Å². The number of allylic oxidation sites excluding steroid dienone is 1. The van der Waals surface area contributed by atoms with E-state index in [1.54, 1.807) is 0 Å². The van der Waals surface area contributed by atoms with Crippen molar-refractivity contribution in [2.24, 2.45) is 5.73 Å². The molecule has 0 spiro atoms. The molecule has 2 N–H and O–H groups in total. The molecule has 0 saturated carbocycles. The van der Waals surface area contributed by atoms with Gasteiger partial charge < -0.3 is 5.73 Å². The van der Waals surface area contributed by atoms with Crippen LogP contribution in [0, 0.1) is 0 Å². The summed E-state index contributed by atoms with van der Waals surface area (Å²) < 4.78 is 1.06. The summed E-state index contributed by atoms with van der Waals surface area (Å²) in [5.74, 6) is 0. The molecular formula is C5H10IN. The molecule has 0 aliphatic rings. The topological polar surface area (TPSA) is 26.0 Å². The summed E-state index contributed by atoms with van der Waals surface area (Å²) in [6, 6.07) is 0. The molecule has 0 aromatic heterocycles. The van der Waals surface area contributed by atoms with Crippen molar-refractivity contribution >= 4 is 22.6 Å². The highest BCUT2D eigenvalue weighted by atomic mass is 127. The van der Waals surface area contributed by atoms with E-state index in [2.05, 4.69) is 28.7 Å². The first kappa shape index (κ1) is 7.43. The van der Waals surface area contributed by atoms with Gasteiger partial charge in [0.15, 0.2) is 0 Å². The second-order valence-corrected chi connectivity index (χ2v) is 2.05. The molecule has 2 heteroatoms. The summed E-state index contributed by atoms with van der Waals surface area (Å²) >= 11 is 2.30. The fourth-order valence-corrected chi connectivity index (χ4v) is 1.00. The summed E-state index contributed by atoms with van der Waals surface area (Å²) in [4.78, 5) is 0. The van der Waals surface area contributed by atoms with Crippen LogP contribution in [0.25, 0.3) is 0 Å². The van der Waals surface area contributed by atoms with Crippen molar-refractivity contribution in [1.82, 2.24) is 0 Å². The lowest BCUT2D eigenvalue weighted by atomic mass is 10.3. The highest BCUT2D eigenvalue weighted by Gasteiger charge is 1.83. The van der Waals surface area contributed by atoms with Crippen molar-refractivity contribution in [3.8, 4) is 0 Å². The highest BCUT2D eigenvalue weighted by molar-refractivity contribution is 14.1. The van der Waals surface area contributed by atoms with E-state index < -0.39 is 0 Å². The third-order valence-corrected chi connectivity index (χ3v) is 1.82. The molecule has 1 nitrogen and oxygen atoms in total. The summed E-state index contributed by atoms with van der Waals surface area (Å²) in [6.07, 6.45) is 2.06. The van der Waals surface area contributed by atoms with Crippen LogP contribution in [-0.4, -0.2) is 11.0 Å². The summed E-state index contributed by atoms with van der Waals surface area (Å²) in [6.45, 7) is 2.72. The first-order valence-electron chi connectivity index (χ1n) is 2.25. The summed E-state index contributed by atoms with van der Waals surface area (Å²) in [5.41, 5.74) is 6.64. The van der Waals surface area contributed by atoms with Crippen molar-refractivity contribution in [3.05, 3.63) is 11.6 Å². The van der Waals surface area contributed by atoms with Crippen molar-refractivity contribution in [2.75, 3.05) is 11.0 Å². The third-order valence-electron chi connectivity index (χ3n) is 0.842. The molecule has 0 saturated heterocycles. The van der Waals surface area contributed by atoms with Gasteiger partial charge in [-0.25, -0.2) is 0 Å². The van der Waals surface area contributed by atoms with Crippen LogP contribution in [0.2, 0.25) is 0 Å². The minimum Gasteiger partial charge on any atom is -0.327 e. The van der Waals surface area contributed by atoms with Crippen LogP contribution < -0.4 is 5.73 Å². The van der Waals surface area contributed by atoms with Crippen LogP contribution in [0.4, 0.5) is 0 Å². The molecule has 0 bridgehead atoms. The van der Waals surface area contributed by atoms with Gasteiger partial charge in [-0.1, -0.05) is 34.2 Å². The van der Waals surface area contributed by atoms with Crippen LogP contribution in [0.3, 0.4) is 0 Å². The average Bonchev–Trinajstić information content (AvgIpc) is 1.72. The van der Waals surface area contributed by atoms with Gasteiger partial charge in [-0.15, -0.1) is 0 Å². The fraction of sp³-hybridized carbons (Fsp3) is 0.600.